The number of hydrogen-bond donors (Lipinski definition) is 1. The van der Waals surface area contributed by atoms with Crippen LogP contribution in [0.5, 0.6) is 0 Å². The normalized spacial score (nSPS) is 12.0. The number of carbonyl (C=O) groups is 1. The molecule has 0 aliphatic heterocycles. The number of hydrogen-bond acceptors (Lipinski definition) is 4. The van der Waals surface area contributed by atoms with Crippen LogP contribution in [-0.4, -0.2) is 34.8 Å². The summed E-state index contributed by atoms with van der Waals surface area (Å²) in [5.41, 5.74) is 0.721. The number of carbonyl (C=O) groups excluding carboxylic acids is 1. The van der Waals surface area contributed by atoms with Gasteiger partial charge in [0.2, 0.25) is 10.0 Å². The Bertz CT molecular complexity index is 593. The van der Waals surface area contributed by atoms with Crippen LogP contribution in [0.25, 0.3) is 0 Å². The van der Waals surface area contributed by atoms with Crippen molar-refractivity contribution in [1.82, 2.24) is 0 Å². The average Bonchev–Trinajstić information content (AvgIpc) is 2.36. The van der Waals surface area contributed by atoms with Crippen molar-refractivity contribution in [2.45, 2.75) is 32.6 Å². The Kier molecular flexibility index (Phi) is 5.97. The lowest BCUT2D eigenvalue weighted by atomic mass is 10.2. The highest BCUT2D eigenvalue weighted by atomic mass is 32.2. The van der Waals surface area contributed by atoms with Crippen molar-refractivity contribution in [3.8, 4) is 0 Å². The first kappa shape index (κ1) is 17.7. The molecule has 0 aliphatic carbocycles. The van der Waals surface area contributed by atoms with Gasteiger partial charge in [0.15, 0.2) is 0 Å². The highest BCUT2D eigenvalue weighted by Gasteiger charge is 2.19. The second-order valence-corrected chi connectivity index (χ2v) is 13.5. The number of anilines is 1. The molecule has 118 valence electrons. The SMILES string of the molecule is CCOC(=O)c1cccc(NS(=O)(=O)CC[Si](C)(C)C)c1. The van der Waals surface area contributed by atoms with Crippen LogP contribution in [-0.2, 0) is 14.8 Å². The van der Waals surface area contributed by atoms with Gasteiger partial charge in [-0.2, -0.15) is 0 Å². The molecule has 0 saturated carbocycles. The Morgan fingerprint density at radius 2 is 1.95 bits per heavy atom. The topological polar surface area (TPSA) is 72.5 Å². The Morgan fingerprint density at radius 3 is 2.52 bits per heavy atom. The summed E-state index contributed by atoms with van der Waals surface area (Å²) in [5, 5.41) is 0. The second-order valence-electron chi connectivity index (χ2n) is 6.03. The fraction of sp³-hybridized carbons (Fsp3) is 0.500. The maximum Gasteiger partial charge on any atom is 0.338 e. The fourth-order valence-corrected chi connectivity index (χ4v) is 5.71. The molecule has 0 atom stereocenters. The van der Waals surface area contributed by atoms with Gasteiger partial charge in [-0.1, -0.05) is 25.7 Å². The summed E-state index contributed by atoms with van der Waals surface area (Å²) < 4.78 is 31.5. The molecular weight excluding hydrogens is 306 g/mol. The second kappa shape index (κ2) is 7.08. The molecule has 0 bridgehead atoms. The molecule has 7 heteroatoms. The van der Waals surface area contributed by atoms with Gasteiger partial charge < -0.3 is 4.74 Å². The smallest absolute Gasteiger partial charge is 0.338 e. The van der Waals surface area contributed by atoms with E-state index < -0.39 is 24.1 Å². The third kappa shape index (κ3) is 6.77. The molecule has 1 rings (SSSR count). The maximum absolute atomic E-state index is 12.0. The number of esters is 1. The lowest BCUT2D eigenvalue weighted by molar-refractivity contribution is 0.0526. The summed E-state index contributed by atoms with van der Waals surface area (Å²) >= 11 is 0. The van der Waals surface area contributed by atoms with Crippen LogP contribution >= 0.6 is 0 Å². The van der Waals surface area contributed by atoms with E-state index in [0.29, 0.717) is 17.3 Å². The number of benzene rings is 1. The standard InChI is InChI=1S/C14H23NO4SSi/c1-5-19-14(16)12-7-6-8-13(11-12)15-20(17,18)9-10-21(2,3)4/h6-8,11,15H,5,9-10H2,1-4H3. The van der Waals surface area contributed by atoms with Crippen molar-refractivity contribution in [3.63, 3.8) is 0 Å². The van der Waals surface area contributed by atoms with Crippen molar-refractivity contribution in [2.24, 2.45) is 0 Å². The molecule has 0 aliphatic rings. The third-order valence-corrected chi connectivity index (χ3v) is 6.17. The van der Waals surface area contributed by atoms with E-state index in [0.717, 1.165) is 0 Å². The molecule has 0 spiro atoms. The van der Waals surface area contributed by atoms with Crippen LogP contribution in [0, 0.1) is 0 Å². The van der Waals surface area contributed by atoms with Crippen molar-refractivity contribution < 1.29 is 17.9 Å². The molecule has 0 fully saturated rings. The zero-order valence-corrected chi connectivity index (χ0v) is 14.8. The largest absolute Gasteiger partial charge is 0.462 e. The van der Waals surface area contributed by atoms with Gasteiger partial charge in [-0.15, -0.1) is 0 Å². The van der Waals surface area contributed by atoms with Crippen molar-refractivity contribution >= 4 is 29.8 Å². The fourth-order valence-electron chi connectivity index (χ4n) is 1.60. The first-order chi connectivity index (χ1) is 9.63. The zero-order chi connectivity index (χ0) is 16.1. The monoisotopic (exact) mass is 329 g/mol. The van der Waals surface area contributed by atoms with E-state index in [4.69, 9.17) is 4.74 Å². The van der Waals surface area contributed by atoms with Crippen LogP contribution in [0.3, 0.4) is 0 Å². The molecule has 1 aromatic rings. The number of rotatable bonds is 7. The van der Waals surface area contributed by atoms with Crippen molar-refractivity contribution in [1.29, 1.82) is 0 Å². The first-order valence-electron chi connectivity index (χ1n) is 6.91. The van der Waals surface area contributed by atoms with E-state index in [-0.39, 0.29) is 12.4 Å². The van der Waals surface area contributed by atoms with Gasteiger partial charge in [-0.05, 0) is 31.2 Å². The summed E-state index contributed by atoms with van der Waals surface area (Å²) in [6.45, 7) is 8.39. The minimum atomic E-state index is -3.39. The van der Waals surface area contributed by atoms with Crippen molar-refractivity contribution in [3.05, 3.63) is 29.8 Å². The van der Waals surface area contributed by atoms with Gasteiger partial charge in [-0.3, -0.25) is 4.72 Å². The Morgan fingerprint density at radius 1 is 1.29 bits per heavy atom. The minimum absolute atomic E-state index is 0.104. The summed E-state index contributed by atoms with van der Waals surface area (Å²) in [6, 6.07) is 7.03. The van der Waals surface area contributed by atoms with E-state index in [1.54, 1.807) is 25.1 Å². The molecule has 0 saturated heterocycles. The highest BCUT2D eigenvalue weighted by Crippen LogP contribution is 2.16. The first-order valence-corrected chi connectivity index (χ1v) is 12.3. The Labute approximate surface area is 127 Å². The molecule has 5 nitrogen and oxygen atoms in total. The van der Waals surface area contributed by atoms with Gasteiger partial charge in [0.25, 0.3) is 0 Å². The van der Waals surface area contributed by atoms with Crippen LogP contribution in [0.4, 0.5) is 5.69 Å². The number of sulfonamides is 1. The predicted octanol–water partition coefficient (Wildman–Crippen LogP) is 2.94. The van der Waals surface area contributed by atoms with Gasteiger partial charge in [-0.25, -0.2) is 13.2 Å². The molecule has 0 radical (unpaired) electrons. The predicted molar refractivity (Wildman–Crippen MR) is 88.0 cm³/mol. The molecule has 0 amide bonds. The van der Waals surface area contributed by atoms with E-state index in [2.05, 4.69) is 24.4 Å². The van der Waals surface area contributed by atoms with Gasteiger partial charge >= 0.3 is 5.97 Å². The van der Waals surface area contributed by atoms with Gasteiger partial charge in [0.05, 0.1) is 17.9 Å². The van der Waals surface area contributed by atoms with E-state index in [1.165, 1.54) is 6.07 Å². The summed E-state index contributed by atoms with van der Waals surface area (Å²) in [4.78, 5) is 11.6. The summed E-state index contributed by atoms with van der Waals surface area (Å²) in [6.07, 6.45) is 0. The van der Waals surface area contributed by atoms with E-state index in [9.17, 15) is 13.2 Å². The highest BCUT2D eigenvalue weighted by molar-refractivity contribution is 7.92. The lowest BCUT2D eigenvalue weighted by Crippen LogP contribution is -2.26. The minimum Gasteiger partial charge on any atom is -0.462 e. The van der Waals surface area contributed by atoms with Crippen LogP contribution in [0.15, 0.2) is 24.3 Å². The quantitative estimate of drug-likeness (QED) is 0.616. The summed E-state index contributed by atoms with van der Waals surface area (Å²) in [7, 11) is -4.81. The van der Waals surface area contributed by atoms with Gasteiger partial charge in [0, 0.05) is 13.8 Å². The van der Waals surface area contributed by atoms with E-state index in [1.807, 2.05) is 0 Å². The average molecular weight is 329 g/mol. The molecule has 1 N–H and O–H groups in total. The Hall–Kier alpha value is -1.34. The molecular formula is C14H23NO4SSi. The molecule has 0 aromatic heterocycles. The molecule has 1 aromatic carbocycles. The maximum atomic E-state index is 12.0. The molecule has 21 heavy (non-hydrogen) atoms. The number of ether oxygens (including phenoxy) is 1. The molecule has 0 unspecified atom stereocenters. The van der Waals surface area contributed by atoms with Crippen LogP contribution < -0.4 is 4.72 Å². The van der Waals surface area contributed by atoms with Gasteiger partial charge in [0.1, 0.15) is 0 Å². The Balaban J connectivity index is 2.78. The van der Waals surface area contributed by atoms with E-state index >= 15 is 0 Å². The lowest BCUT2D eigenvalue weighted by Gasteiger charge is -2.16. The van der Waals surface area contributed by atoms with Crippen LogP contribution in [0.1, 0.15) is 17.3 Å². The van der Waals surface area contributed by atoms with Crippen LogP contribution in [0.2, 0.25) is 25.7 Å². The third-order valence-electron chi connectivity index (χ3n) is 2.77. The number of nitrogens with one attached hydrogen (secondary N) is 1. The van der Waals surface area contributed by atoms with Crippen molar-refractivity contribution in [2.75, 3.05) is 17.1 Å². The summed E-state index contributed by atoms with van der Waals surface area (Å²) in [5.74, 6) is -0.354. The molecule has 0 heterocycles. The zero-order valence-electron chi connectivity index (χ0n) is 13.0.